The molecule has 1 heterocycles. The Morgan fingerprint density at radius 2 is 2.24 bits per heavy atom. The molecule has 0 saturated carbocycles. The van der Waals surface area contributed by atoms with Crippen LogP contribution >= 0.6 is 15.9 Å². The lowest BCUT2D eigenvalue weighted by molar-refractivity contribution is 0.111. The normalized spacial score (nSPS) is 10.5. The van der Waals surface area contributed by atoms with Crippen molar-refractivity contribution in [3.63, 3.8) is 0 Å². The molecule has 0 fully saturated rings. The Morgan fingerprint density at radius 1 is 1.41 bits per heavy atom. The van der Waals surface area contributed by atoms with E-state index in [0.717, 1.165) is 29.3 Å². The van der Waals surface area contributed by atoms with Crippen molar-refractivity contribution in [3.8, 4) is 0 Å². The number of carbonyl (C=O) groups is 1. The molecule has 0 atom stereocenters. The minimum absolute atomic E-state index is 0.544. The molecule has 2 aromatic rings. The zero-order valence-electron chi connectivity index (χ0n) is 9.56. The van der Waals surface area contributed by atoms with Crippen molar-refractivity contribution in [1.82, 2.24) is 9.55 Å². The van der Waals surface area contributed by atoms with Crippen LogP contribution in [0.2, 0.25) is 0 Å². The molecule has 0 unspecified atom stereocenters. The number of hydrogen-bond acceptors (Lipinski definition) is 2. The predicted octanol–water partition coefficient (Wildman–Crippen LogP) is 2.78. The van der Waals surface area contributed by atoms with E-state index in [1.165, 1.54) is 5.56 Å². The zero-order valence-corrected chi connectivity index (χ0v) is 11.1. The monoisotopic (exact) mass is 292 g/mol. The first-order chi connectivity index (χ1) is 8.20. The lowest BCUT2D eigenvalue weighted by atomic mass is 10.1. The van der Waals surface area contributed by atoms with Gasteiger partial charge in [-0.1, -0.05) is 28.1 Å². The van der Waals surface area contributed by atoms with E-state index in [1.54, 1.807) is 6.33 Å². The number of rotatable bonds is 4. The average molecular weight is 293 g/mol. The highest BCUT2D eigenvalue weighted by molar-refractivity contribution is 9.10. The fourth-order valence-electron chi connectivity index (χ4n) is 1.83. The van der Waals surface area contributed by atoms with Crippen molar-refractivity contribution in [2.45, 2.75) is 12.8 Å². The van der Waals surface area contributed by atoms with Crippen LogP contribution in [0.25, 0.3) is 0 Å². The van der Waals surface area contributed by atoms with Crippen LogP contribution in [0.5, 0.6) is 0 Å². The predicted molar refractivity (Wildman–Crippen MR) is 70.1 cm³/mol. The van der Waals surface area contributed by atoms with Crippen LogP contribution in [0, 0.1) is 0 Å². The third-order valence-corrected chi connectivity index (χ3v) is 3.24. The molecule has 0 bridgehead atoms. The molecule has 0 radical (unpaired) electrons. The molecule has 17 heavy (non-hydrogen) atoms. The van der Waals surface area contributed by atoms with Gasteiger partial charge in [-0.15, -0.1) is 0 Å². The molecular weight excluding hydrogens is 280 g/mol. The lowest BCUT2D eigenvalue weighted by Crippen LogP contribution is -2.01. The summed E-state index contributed by atoms with van der Waals surface area (Å²) in [5, 5.41) is 0. The Morgan fingerprint density at radius 3 is 2.94 bits per heavy atom. The number of nitrogens with zero attached hydrogens (tertiary/aromatic N) is 2. The SMILES string of the molecule is Cn1cnc(C=O)c1CCc1cccc(Br)c1. The molecule has 0 aliphatic rings. The fraction of sp³-hybridized carbons (Fsp3) is 0.231. The van der Waals surface area contributed by atoms with E-state index >= 15 is 0 Å². The Bertz CT molecular complexity index is 534. The van der Waals surface area contributed by atoms with E-state index in [4.69, 9.17) is 0 Å². The third kappa shape index (κ3) is 2.82. The molecule has 0 saturated heterocycles. The molecule has 2 rings (SSSR count). The van der Waals surface area contributed by atoms with Crippen LogP contribution in [0.15, 0.2) is 35.1 Å². The van der Waals surface area contributed by atoms with E-state index in [-0.39, 0.29) is 0 Å². The number of halogens is 1. The summed E-state index contributed by atoms with van der Waals surface area (Å²) in [5.74, 6) is 0. The summed E-state index contributed by atoms with van der Waals surface area (Å²) in [4.78, 5) is 14.9. The first-order valence-electron chi connectivity index (χ1n) is 5.40. The molecule has 0 N–H and O–H groups in total. The summed E-state index contributed by atoms with van der Waals surface area (Å²) in [6.45, 7) is 0. The molecule has 1 aromatic heterocycles. The minimum atomic E-state index is 0.544. The van der Waals surface area contributed by atoms with Crippen molar-refractivity contribution in [2.24, 2.45) is 7.05 Å². The van der Waals surface area contributed by atoms with Gasteiger partial charge in [0.1, 0.15) is 5.69 Å². The van der Waals surface area contributed by atoms with E-state index in [0.29, 0.717) is 5.69 Å². The van der Waals surface area contributed by atoms with Crippen LogP contribution in [0.3, 0.4) is 0 Å². The highest BCUT2D eigenvalue weighted by Gasteiger charge is 2.07. The van der Waals surface area contributed by atoms with Gasteiger partial charge < -0.3 is 4.57 Å². The Labute approximate surface area is 109 Å². The summed E-state index contributed by atoms with van der Waals surface area (Å²) in [6, 6.07) is 8.20. The van der Waals surface area contributed by atoms with Crippen LogP contribution in [0.1, 0.15) is 21.7 Å². The van der Waals surface area contributed by atoms with E-state index in [9.17, 15) is 4.79 Å². The summed E-state index contributed by atoms with van der Waals surface area (Å²) in [5.41, 5.74) is 2.78. The van der Waals surface area contributed by atoms with Crippen LogP contribution in [-0.2, 0) is 19.9 Å². The van der Waals surface area contributed by atoms with Crippen molar-refractivity contribution < 1.29 is 4.79 Å². The van der Waals surface area contributed by atoms with Gasteiger partial charge in [0.15, 0.2) is 6.29 Å². The molecule has 0 spiro atoms. The van der Waals surface area contributed by atoms with Crippen molar-refractivity contribution in [3.05, 3.63) is 52.0 Å². The van der Waals surface area contributed by atoms with Gasteiger partial charge in [0.05, 0.1) is 6.33 Å². The third-order valence-electron chi connectivity index (χ3n) is 2.74. The maximum atomic E-state index is 10.8. The Hall–Kier alpha value is -1.42. The van der Waals surface area contributed by atoms with Gasteiger partial charge in [0.25, 0.3) is 0 Å². The van der Waals surface area contributed by atoms with Crippen LogP contribution < -0.4 is 0 Å². The molecule has 0 amide bonds. The summed E-state index contributed by atoms with van der Waals surface area (Å²) >= 11 is 3.45. The number of imidazole rings is 1. The van der Waals surface area contributed by atoms with Crippen molar-refractivity contribution in [2.75, 3.05) is 0 Å². The fourth-order valence-corrected chi connectivity index (χ4v) is 2.28. The second kappa shape index (κ2) is 5.27. The topological polar surface area (TPSA) is 34.9 Å². The molecular formula is C13H13BrN2O. The number of carbonyl (C=O) groups excluding carboxylic acids is 1. The van der Waals surface area contributed by atoms with Gasteiger partial charge in [-0.05, 0) is 30.5 Å². The lowest BCUT2D eigenvalue weighted by Gasteiger charge is -2.04. The summed E-state index contributed by atoms with van der Waals surface area (Å²) < 4.78 is 2.98. The molecule has 1 aromatic carbocycles. The molecule has 3 nitrogen and oxygen atoms in total. The second-order valence-electron chi connectivity index (χ2n) is 3.94. The molecule has 88 valence electrons. The van der Waals surface area contributed by atoms with Crippen LogP contribution in [-0.4, -0.2) is 15.8 Å². The first-order valence-corrected chi connectivity index (χ1v) is 6.20. The van der Waals surface area contributed by atoms with E-state index in [2.05, 4.69) is 33.0 Å². The molecule has 0 aliphatic carbocycles. The Balaban J connectivity index is 2.12. The Kier molecular flexibility index (Phi) is 3.74. The number of aryl methyl sites for hydroxylation is 2. The maximum absolute atomic E-state index is 10.8. The maximum Gasteiger partial charge on any atom is 0.170 e. The zero-order chi connectivity index (χ0) is 12.3. The summed E-state index contributed by atoms with van der Waals surface area (Å²) in [6.07, 6.45) is 4.22. The quantitative estimate of drug-likeness (QED) is 0.812. The largest absolute Gasteiger partial charge is 0.337 e. The standard InChI is InChI=1S/C13H13BrN2O/c1-16-9-15-12(8-17)13(16)6-5-10-3-2-4-11(14)7-10/h2-4,7-9H,5-6H2,1H3. The average Bonchev–Trinajstić information content (AvgIpc) is 2.67. The smallest absolute Gasteiger partial charge is 0.170 e. The number of hydrogen-bond donors (Lipinski definition) is 0. The number of aldehydes is 1. The van der Waals surface area contributed by atoms with Gasteiger partial charge >= 0.3 is 0 Å². The van der Waals surface area contributed by atoms with Gasteiger partial charge in [0.2, 0.25) is 0 Å². The van der Waals surface area contributed by atoms with Gasteiger partial charge in [-0.25, -0.2) is 4.98 Å². The van der Waals surface area contributed by atoms with Crippen molar-refractivity contribution >= 4 is 22.2 Å². The van der Waals surface area contributed by atoms with Gasteiger partial charge in [-0.3, -0.25) is 4.79 Å². The van der Waals surface area contributed by atoms with E-state index in [1.807, 2.05) is 23.7 Å². The first kappa shape index (κ1) is 12.0. The molecule has 0 aliphatic heterocycles. The minimum Gasteiger partial charge on any atom is -0.337 e. The number of benzene rings is 1. The van der Waals surface area contributed by atoms with Crippen LogP contribution in [0.4, 0.5) is 0 Å². The summed E-state index contributed by atoms with van der Waals surface area (Å²) in [7, 11) is 1.91. The van der Waals surface area contributed by atoms with Gasteiger partial charge in [-0.2, -0.15) is 0 Å². The van der Waals surface area contributed by atoms with E-state index < -0.39 is 0 Å². The molecule has 4 heteroatoms. The van der Waals surface area contributed by atoms with Gasteiger partial charge in [0, 0.05) is 17.2 Å². The van der Waals surface area contributed by atoms with Crippen molar-refractivity contribution in [1.29, 1.82) is 0 Å². The highest BCUT2D eigenvalue weighted by Crippen LogP contribution is 2.14. The number of aromatic nitrogens is 2. The second-order valence-corrected chi connectivity index (χ2v) is 4.85. The highest BCUT2D eigenvalue weighted by atomic mass is 79.9.